The van der Waals surface area contributed by atoms with Crippen molar-refractivity contribution in [1.29, 1.82) is 5.26 Å². The van der Waals surface area contributed by atoms with Crippen molar-refractivity contribution in [2.24, 2.45) is 0 Å². The van der Waals surface area contributed by atoms with Crippen LogP contribution in [0.3, 0.4) is 0 Å². The first-order valence-corrected chi connectivity index (χ1v) is 8.23. The fourth-order valence-corrected chi connectivity index (χ4v) is 3.73. The van der Waals surface area contributed by atoms with Crippen LogP contribution in [0.25, 0.3) is 0 Å². The molecule has 0 aliphatic heterocycles. The van der Waals surface area contributed by atoms with E-state index in [4.69, 9.17) is 15.9 Å². The molecule has 0 N–H and O–H groups in total. The van der Waals surface area contributed by atoms with Crippen molar-refractivity contribution in [3.63, 3.8) is 0 Å². The fourth-order valence-electron chi connectivity index (χ4n) is 1.28. The average molecular weight is 291 g/mol. The van der Waals surface area contributed by atoms with Crippen LogP contribution in [-0.2, 0) is 9.05 Å². The van der Waals surface area contributed by atoms with Crippen LogP contribution in [0.2, 0.25) is 0 Å². The van der Waals surface area contributed by atoms with Gasteiger partial charge in [0.2, 0.25) is 9.05 Å². The molecule has 0 fully saturated rings. The monoisotopic (exact) mass is 290 g/mol. The van der Waals surface area contributed by atoms with Gasteiger partial charge in [-0.3, -0.25) is 0 Å². The molecule has 0 amide bonds. The molecule has 0 atom stereocenters. The standard InChI is InChI=1S/C10H11ClN2O2S2/c1-7-5-8(2)13-10(9(7)6-12)16-3-4-17(11,14)15/h5H,3-4H2,1-2H3. The van der Waals surface area contributed by atoms with Crippen LogP contribution in [-0.4, -0.2) is 24.9 Å². The number of pyridine rings is 1. The highest BCUT2D eigenvalue weighted by atomic mass is 35.7. The summed E-state index contributed by atoms with van der Waals surface area (Å²) in [6.45, 7) is 3.66. The van der Waals surface area contributed by atoms with Crippen molar-refractivity contribution in [3.05, 3.63) is 22.9 Å². The van der Waals surface area contributed by atoms with Gasteiger partial charge < -0.3 is 0 Å². The Balaban J connectivity index is 2.88. The number of rotatable bonds is 4. The molecule has 0 aliphatic carbocycles. The summed E-state index contributed by atoms with van der Waals surface area (Å²) in [6.07, 6.45) is 0. The third-order valence-corrected chi connectivity index (χ3v) is 4.38. The van der Waals surface area contributed by atoms with Gasteiger partial charge in [0, 0.05) is 22.1 Å². The predicted molar refractivity (Wildman–Crippen MR) is 68.8 cm³/mol. The Bertz CT molecular complexity index is 564. The number of nitrogens with zero attached hydrogens (tertiary/aromatic N) is 2. The van der Waals surface area contributed by atoms with Crippen molar-refractivity contribution in [3.8, 4) is 6.07 Å². The van der Waals surface area contributed by atoms with E-state index in [1.165, 1.54) is 11.8 Å². The Morgan fingerprint density at radius 3 is 2.71 bits per heavy atom. The molecule has 1 heterocycles. The SMILES string of the molecule is Cc1cc(C)c(C#N)c(SCCS(=O)(=O)Cl)n1. The fraction of sp³-hybridized carbons (Fsp3) is 0.400. The van der Waals surface area contributed by atoms with Gasteiger partial charge in [0.1, 0.15) is 11.1 Å². The highest BCUT2D eigenvalue weighted by Gasteiger charge is 2.11. The van der Waals surface area contributed by atoms with E-state index >= 15 is 0 Å². The summed E-state index contributed by atoms with van der Waals surface area (Å²) in [5.74, 6) is 0.148. The molecule has 0 radical (unpaired) electrons. The molecule has 0 unspecified atom stereocenters. The van der Waals surface area contributed by atoms with E-state index in [9.17, 15) is 8.42 Å². The van der Waals surface area contributed by atoms with Crippen molar-refractivity contribution in [1.82, 2.24) is 4.98 Å². The van der Waals surface area contributed by atoms with Crippen LogP contribution in [0.15, 0.2) is 11.1 Å². The van der Waals surface area contributed by atoms with E-state index in [1.54, 1.807) is 0 Å². The van der Waals surface area contributed by atoms with Crippen molar-refractivity contribution in [2.45, 2.75) is 18.9 Å². The molecule has 0 aliphatic rings. The zero-order valence-electron chi connectivity index (χ0n) is 9.40. The van der Waals surface area contributed by atoms with Crippen molar-refractivity contribution < 1.29 is 8.42 Å². The van der Waals surface area contributed by atoms with Crippen LogP contribution >= 0.6 is 22.4 Å². The third-order valence-electron chi connectivity index (χ3n) is 1.99. The van der Waals surface area contributed by atoms with Crippen molar-refractivity contribution >= 4 is 31.5 Å². The maximum absolute atomic E-state index is 10.8. The summed E-state index contributed by atoms with van der Waals surface area (Å²) in [4.78, 5) is 4.23. The molecule has 7 heteroatoms. The molecular formula is C10H11ClN2O2S2. The van der Waals surface area contributed by atoms with Crippen LogP contribution in [0.5, 0.6) is 0 Å². The first kappa shape index (κ1) is 14.3. The van der Waals surface area contributed by atoms with Crippen LogP contribution in [0.4, 0.5) is 0 Å². The molecule has 17 heavy (non-hydrogen) atoms. The molecular weight excluding hydrogens is 280 g/mol. The Kier molecular flexibility index (Phi) is 4.80. The molecule has 92 valence electrons. The largest absolute Gasteiger partial charge is 0.245 e. The highest BCUT2D eigenvalue weighted by Crippen LogP contribution is 2.23. The smallest absolute Gasteiger partial charge is 0.233 e. The minimum atomic E-state index is -3.49. The number of aromatic nitrogens is 1. The average Bonchev–Trinajstić information content (AvgIpc) is 2.14. The Morgan fingerprint density at radius 1 is 1.53 bits per heavy atom. The Hall–Kier alpha value is -0.770. The van der Waals surface area contributed by atoms with E-state index in [2.05, 4.69) is 11.1 Å². The number of nitriles is 1. The molecule has 1 aromatic heterocycles. The lowest BCUT2D eigenvalue weighted by molar-refractivity contribution is 0.611. The van der Waals surface area contributed by atoms with E-state index < -0.39 is 9.05 Å². The number of hydrogen-bond donors (Lipinski definition) is 0. The quantitative estimate of drug-likeness (QED) is 0.628. The summed E-state index contributed by atoms with van der Waals surface area (Å²) in [5.41, 5.74) is 2.14. The number of halogens is 1. The van der Waals surface area contributed by atoms with Crippen LogP contribution in [0.1, 0.15) is 16.8 Å². The Labute approximate surface area is 109 Å². The Morgan fingerprint density at radius 2 is 2.18 bits per heavy atom. The highest BCUT2D eigenvalue weighted by molar-refractivity contribution is 8.14. The molecule has 0 aromatic carbocycles. The van der Waals surface area contributed by atoms with Gasteiger partial charge in [-0.2, -0.15) is 5.26 Å². The number of thioether (sulfide) groups is 1. The van der Waals surface area contributed by atoms with Gasteiger partial charge in [0.05, 0.1) is 11.3 Å². The zero-order valence-corrected chi connectivity index (χ0v) is 11.8. The summed E-state index contributed by atoms with van der Waals surface area (Å²) in [7, 11) is 1.62. The number of hydrogen-bond acceptors (Lipinski definition) is 5. The second-order valence-electron chi connectivity index (χ2n) is 3.46. The molecule has 0 spiro atoms. The first-order chi connectivity index (χ1) is 7.83. The summed E-state index contributed by atoms with van der Waals surface area (Å²) < 4.78 is 21.6. The van der Waals surface area contributed by atoms with E-state index in [0.717, 1.165) is 11.3 Å². The van der Waals surface area contributed by atoms with Gasteiger partial charge in [-0.05, 0) is 25.5 Å². The van der Waals surface area contributed by atoms with E-state index in [1.807, 2.05) is 19.9 Å². The van der Waals surface area contributed by atoms with Gasteiger partial charge in [-0.1, -0.05) is 0 Å². The van der Waals surface area contributed by atoms with E-state index in [0.29, 0.717) is 10.6 Å². The lowest BCUT2D eigenvalue weighted by Crippen LogP contribution is -2.01. The molecule has 0 saturated carbocycles. The van der Waals surface area contributed by atoms with Crippen molar-refractivity contribution in [2.75, 3.05) is 11.5 Å². The first-order valence-electron chi connectivity index (χ1n) is 4.77. The van der Waals surface area contributed by atoms with Gasteiger partial charge in [-0.25, -0.2) is 13.4 Å². The molecule has 0 bridgehead atoms. The second kappa shape index (κ2) is 5.71. The minimum absolute atomic E-state index is 0.140. The third kappa shape index (κ3) is 4.54. The van der Waals surface area contributed by atoms with Crippen LogP contribution < -0.4 is 0 Å². The summed E-state index contributed by atoms with van der Waals surface area (Å²) >= 11 is 1.23. The molecule has 1 rings (SSSR count). The number of aryl methyl sites for hydroxylation is 2. The van der Waals surface area contributed by atoms with Gasteiger partial charge in [-0.15, -0.1) is 11.8 Å². The molecule has 0 saturated heterocycles. The van der Waals surface area contributed by atoms with Gasteiger partial charge in [0.25, 0.3) is 0 Å². The topological polar surface area (TPSA) is 70.8 Å². The minimum Gasteiger partial charge on any atom is -0.245 e. The zero-order chi connectivity index (χ0) is 13.1. The maximum atomic E-state index is 10.8. The normalized spacial score (nSPS) is 11.2. The van der Waals surface area contributed by atoms with Gasteiger partial charge in [0.15, 0.2) is 0 Å². The second-order valence-corrected chi connectivity index (χ2v) is 7.44. The van der Waals surface area contributed by atoms with Crippen LogP contribution in [0, 0.1) is 25.2 Å². The summed E-state index contributed by atoms with van der Waals surface area (Å²) in [6, 6.07) is 3.89. The van der Waals surface area contributed by atoms with E-state index in [-0.39, 0.29) is 11.5 Å². The molecule has 4 nitrogen and oxygen atoms in total. The lowest BCUT2D eigenvalue weighted by atomic mass is 10.1. The predicted octanol–water partition coefficient (Wildman–Crippen LogP) is 2.23. The lowest BCUT2D eigenvalue weighted by Gasteiger charge is -2.06. The van der Waals surface area contributed by atoms with Gasteiger partial charge >= 0.3 is 0 Å². The maximum Gasteiger partial charge on any atom is 0.233 e. The molecule has 1 aromatic rings. The summed E-state index contributed by atoms with van der Waals surface area (Å²) in [5, 5.41) is 9.56.